The molecule has 3 nitrogen and oxygen atoms in total. The minimum absolute atomic E-state index is 0.119. The Balaban J connectivity index is 2.33. The van der Waals surface area contributed by atoms with Crippen molar-refractivity contribution in [2.75, 3.05) is 12.4 Å². The molecule has 0 bridgehead atoms. The molecule has 0 saturated heterocycles. The van der Waals surface area contributed by atoms with Crippen molar-refractivity contribution in [3.8, 4) is 0 Å². The van der Waals surface area contributed by atoms with Gasteiger partial charge in [-0.25, -0.2) is 0 Å². The first-order valence-corrected chi connectivity index (χ1v) is 7.28. The van der Waals surface area contributed by atoms with Crippen LogP contribution >= 0.6 is 15.9 Å². The van der Waals surface area contributed by atoms with Crippen LogP contribution in [-0.4, -0.2) is 18.3 Å². The predicted octanol–water partition coefficient (Wildman–Crippen LogP) is 3.01. The standard InChI is InChI=1S/C14H20BrNO2/c1-18-11-13-6-4-5-12(9-13)10-16-14(17)7-2-3-8-15/h4-6,9H,2-3,7-8,10-11H2,1H3,(H,16,17). The number of hydrogen-bond donors (Lipinski definition) is 1. The van der Waals surface area contributed by atoms with Gasteiger partial charge in [0.15, 0.2) is 0 Å². The number of hydrogen-bond acceptors (Lipinski definition) is 2. The van der Waals surface area contributed by atoms with Crippen molar-refractivity contribution in [3.05, 3.63) is 35.4 Å². The van der Waals surface area contributed by atoms with Gasteiger partial charge in [0.2, 0.25) is 5.91 Å². The van der Waals surface area contributed by atoms with Gasteiger partial charge in [0.25, 0.3) is 0 Å². The summed E-state index contributed by atoms with van der Waals surface area (Å²) in [5, 5.41) is 3.89. The second kappa shape index (κ2) is 9.11. The van der Waals surface area contributed by atoms with E-state index >= 15 is 0 Å². The number of halogens is 1. The largest absolute Gasteiger partial charge is 0.380 e. The fraction of sp³-hybridized carbons (Fsp3) is 0.500. The molecule has 0 unspecified atom stereocenters. The molecule has 0 aliphatic heterocycles. The molecular formula is C14H20BrNO2. The third-order valence-electron chi connectivity index (χ3n) is 2.58. The molecule has 1 aromatic rings. The number of methoxy groups -OCH3 is 1. The first-order chi connectivity index (χ1) is 8.76. The Morgan fingerprint density at radius 3 is 2.83 bits per heavy atom. The van der Waals surface area contributed by atoms with E-state index in [2.05, 4.69) is 27.3 Å². The zero-order valence-corrected chi connectivity index (χ0v) is 12.3. The molecule has 1 rings (SSSR count). The lowest BCUT2D eigenvalue weighted by molar-refractivity contribution is -0.121. The monoisotopic (exact) mass is 313 g/mol. The van der Waals surface area contributed by atoms with Crippen LogP contribution in [0.25, 0.3) is 0 Å². The topological polar surface area (TPSA) is 38.3 Å². The van der Waals surface area contributed by atoms with Crippen LogP contribution in [0.2, 0.25) is 0 Å². The summed E-state index contributed by atoms with van der Waals surface area (Å²) < 4.78 is 5.08. The van der Waals surface area contributed by atoms with Crippen molar-refractivity contribution in [1.82, 2.24) is 5.32 Å². The average Bonchev–Trinajstić information content (AvgIpc) is 2.38. The molecule has 0 fully saturated rings. The third-order valence-corrected chi connectivity index (χ3v) is 3.14. The van der Waals surface area contributed by atoms with Crippen LogP contribution in [0.5, 0.6) is 0 Å². The number of ether oxygens (including phenoxy) is 1. The van der Waals surface area contributed by atoms with Crippen molar-refractivity contribution >= 4 is 21.8 Å². The van der Waals surface area contributed by atoms with E-state index in [9.17, 15) is 4.79 Å². The molecule has 0 radical (unpaired) electrons. The molecule has 1 N–H and O–H groups in total. The second-order valence-electron chi connectivity index (χ2n) is 4.18. The van der Waals surface area contributed by atoms with E-state index in [0.29, 0.717) is 19.6 Å². The van der Waals surface area contributed by atoms with E-state index in [4.69, 9.17) is 4.74 Å². The zero-order valence-electron chi connectivity index (χ0n) is 10.7. The quantitative estimate of drug-likeness (QED) is 0.592. The number of nitrogens with one attached hydrogen (secondary N) is 1. The highest BCUT2D eigenvalue weighted by atomic mass is 79.9. The lowest BCUT2D eigenvalue weighted by atomic mass is 10.1. The van der Waals surface area contributed by atoms with Crippen molar-refractivity contribution in [1.29, 1.82) is 0 Å². The molecule has 0 spiro atoms. The van der Waals surface area contributed by atoms with E-state index in [-0.39, 0.29) is 5.91 Å². The van der Waals surface area contributed by atoms with E-state index in [1.807, 2.05) is 18.2 Å². The fourth-order valence-corrected chi connectivity index (χ4v) is 2.06. The molecule has 100 valence electrons. The van der Waals surface area contributed by atoms with Crippen LogP contribution in [0.1, 0.15) is 30.4 Å². The molecule has 1 amide bonds. The summed E-state index contributed by atoms with van der Waals surface area (Å²) in [7, 11) is 1.68. The molecular weight excluding hydrogens is 294 g/mol. The fourth-order valence-electron chi connectivity index (χ4n) is 1.67. The summed E-state index contributed by atoms with van der Waals surface area (Å²) in [5.74, 6) is 0.119. The lowest BCUT2D eigenvalue weighted by Crippen LogP contribution is -2.22. The number of carbonyl (C=O) groups is 1. The van der Waals surface area contributed by atoms with Gasteiger partial charge >= 0.3 is 0 Å². The van der Waals surface area contributed by atoms with Gasteiger partial charge in [-0.2, -0.15) is 0 Å². The lowest BCUT2D eigenvalue weighted by Gasteiger charge is -2.07. The molecule has 0 saturated carbocycles. The van der Waals surface area contributed by atoms with Crippen LogP contribution < -0.4 is 5.32 Å². The molecule has 18 heavy (non-hydrogen) atoms. The summed E-state index contributed by atoms with van der Waals surface area (Å²) >= 11 is 3.35. The Morgan fingerprint density at radius 1 is 1.33 bits per heavy atom. The molecule has 4 heteroatoms. The Labute approximate surface area is 117 Å². The van der Waals surface area contributed by atoms with Gasteiger partial charge in [-0.3, -0.25) is 4.79 Å². The van der Waals surface area contributed by atoms with E-state index in [0.717, 1.165) is 29.3 Å². The summed E-state index contributed by atoms with van der Waals surface area (Å²) in [6.07, 6.45) is 2.57. The highest BCUT2D eigenvalue weighted by Gasteiger charge is 2.01. The van der Waals surface area contributed by atoms with Crippen LogP contribution in [0.4, 0.5) is 0 Å². The highest BCUT2D eigenvalue weighted by molar-refractivity contribution is 9.09. The number of alkyl halides is 1. The van der Waals surface area contributed by atoms with Crippen LogP contribution in [0, 0.1) is 0 Å². The Hall–Kier alpha value is -0.870. The minimum atomic E-state index is 0.119. The van der Waals surface area contributed by atoms with E-state index < -0.39 is 0 Å². The van der Waals surface area contributed by atoms with Crippen LogP contribution in [0.3, 0.4) is 0 Å². The highest BCUT2D eigenvalue weighted by Crippen LogP contribution is 2.06. The van der Waals surface area contributed by atoms with Crippen LogP contribution in [-0.2, 0) is 22.7 Å². The number of amides is 1. The summed E-state index contributed by atoms with van der Waals surface area (Å²) in [5.41, 5.74) is 2.24. The predicted molar refractivity (Wildman–Crippen MR) is 76.6 cm³/mol. The van der Waals surface area contributed by atoms with Crippen molar-refractivity contribution < 1.29 is 9.53 Å². The maximum atomic E-state index is 11.6. The first-order valence-electron chi connectivity index (χ1n) is 6.15. The molecule has 0 atom stereocenters. The summed E-state index contributed by atoms with van der Waals surface area (Å²) in [6.45, 7) is 1.19. The molecule has 0 aromatic heterocycles. The van der Waals surface area contributed by atoms with Gasteiger partial charge in [-0.15, -0.1) is 0 Å². The van der Waals surface area contributed by atoms with Crippen molar-refractivity contribution in [3.63, 3.8) is 0 Å². The van der Waals surface area contributed by atoms with Crippen LogP contribution in [0.15, 0.2) is 24.3 Å². The molecule has 0 aliphatic carbocycles. The number of unbranched alkanes of at least 4 members (excludes halogenated alkanes) is 1. The Bertz CT molecular complexity index is 369. The normalized spacial score (nSPS) is 10.3. The number of benzene rings is 1. The Kier molecular flexibility index (Phi) is 7.69. The van der Waals surface area contributed by atoms with Gasteiger partial charge < -0.3 is 10.1 Å². The molecule has 1 aromatic carbocycles. The Morgan fingerprint density at radius 2 is 2.11 bits per heavy atom. The molecule has 0 heterocycles. The first kappa shape index (κ1) is 15.2. The minimum Gasteiger partial charge on any atom is -0.380 e. The van der Waals surface area contributed by atoms with Gasteiger partial charge in [0, 0.05) is 25.4 Å². The zero-order chi connectivity index (χ0) is 13.2. The van der Waals surface area contributed by atoms with Gasteiger partial charge in [-0.05, 0) is 24.0 Å². The van der Waals surface area contributed by atoms with Gasteiger partial charge in [-0.1, -0.05) is 40.2 Å². The smallest absolute Gasteiger partial charge is 0.220 e. The summed E-state index contributed by atoms with van der Waals surface area (Å²) in [4.78, 5) is 11.6. The van der Waals surface area contributed by atoms with Gasteiger partial charge in [0.1, 0.15) is 0 Å². The van der Waals surface area contributed by atoms with Gasteiger partial charge in [0.05, 0.1) is 6.61 Å². The number of carbonyl (C=O) groups excluding carboxylic acids is 1. The molecule has 0 aliphatic rings. The SMILES string of the molecule is COCc1cccc(CNC(=O)CCCCBr)c1. The second-order valence-corrected chi connectivity index (χ2v) is 4.97. The third kappa shape index (κ3) is 6.17. The maximum Gasteiger partial charge on any atom is 0.220 e. The van der Waals surface area contributed by atoms with E-state index in [1.165, 1.54) is 0 Å². The van der Waals surface area contributed by atoms with E-state index in [1.54, 1.807) is 7.11 Å². The summed E-state index contributed by atoms with van der Waals surface area (Å²) in [6, 6.07) is 8.08. The maximum absolute atomic E-state index is 11.6. The number of rotatable bonds is 8. The van der Waals surface area contributed by atoms with Crippen molar-refractivity contribution in [2.45, 2.75) is 32.4 Å². The van der Waals surface area contributed by atoms with Crippen molar-refractivity contribution in [2.24, 2.45) is 0 Å². The average molecular weight is 314 g/mol.